The molecule has 1 amide bonds. The lowest BCUT2D eigenvalue weighted by Gasteiger charge is -2.22. The van der Waals surface area contributed by atoms with E-state index in [9.17, 15) is 4.79 Å². The highest BCUT2D eigenvalue weighted by Crippen LogP contribution is 2.32. The molecule has 9 heteroatoms. The van der Waals surface area contributed by atoms with Gasteiger partial charge < -0.3 is 19.5 Å². The molecule has 1 fully saturated rings. The lowest BCUT2D eigenvalue weighted by atomic mass is 10.1. The van der Waals surface area contributed by atoms with Crippen molar-refractivity contribution in [3.8, 4) is 22.8 Å². The van der Waals surface area contributed by atoms with Gasteiger partial charge in [0.05, 0.1) is 44.4 Å². The lowest BCUT2D eigenvalue weighted by molar-refractivity contribution is 0.00400. The molecule has 4 rings (SSSR count). The molecular weight excluding hydrogens is 386 g/mol. The second-order valence-corrected chi connectivity index (χ2v) is 7.13. The molecule has 1 aromatic carbocycles. The van der Waals surface area contributed by atoms with Crippen LogP contribution in [0.15, 0.2) is 36.7 Å². The quantitative estimate of drug-likeness (QED) is 0.619. The van der Waals surface area contributed by atoms with Crippen LogP contribution in [0.25, 0.3) is 11.3 Å². The van der Waals surface area contributed by atoms with Crippen molar-refractivity contribution < 1.29 is 19.0 Å². The van der Waals surface area contributed by atoms with Gasteiger partial charge in [0.1, 0.15) is 17.2 Å². The van der Waals surface area contributed by atoms with Crippen LogP contribution in [0, 0.1) is 0 Å². The van der Waals surface area contributed by atoms with Crippen LogP contribution in [-0.4, -0.2) is 52.8 Å². The molecule has 3 aromatic rings. The fourth-order valence-electron chi connectivity index (χ4n) is 3.48. The maximum Gasteiger partial charge on any atom is 0.273 e. The lowest BCUT2D eigenvalue weighted by Crippen LogP contribution is -2.24. The van der Waals surface area contributed by atoms with Crippen molar-refractivity contribution >= 4 is 11.6 Å². The van der Waals surface area contributed by atoms with Gasteiger partial charge in [0.2, 0.25) is 0 Å². The number of ether oxygens (including phenoxy) is 3. The largest absolute Gasteiger partial charge is 0.497 e. The third-order valence-electron chi connectivity index (χ3n) is 5.06. The van der Waals surface area contributed by atoms with Crippen LogP contribution in [0.3, 0.4) is 0 Å². The van der Waals surface area contributed by atoms with Crippen LogP contribution in [0.2, 0.25) is 0 Å². The number of nitrogens with zero attached hydrogens (tertiary/aromatic N) is 3. The van der Waals surface area contributed by atoms with Crippen molar-refractivity contribution in [2.75, 3.05) is 26.1 Å². The summed E-state index contributed by atoms with van der Waals surface area (Å²) in [7, 11) is 3.18. The Hall–Kier alpha value is -3.33. The van der Waals surface area contributed by atoms with Crippen molar-refractivity contribution in [3.05, 3.63) is 42.4 Å². The molecule has 1 aliphatic heterocycles. The van der Waals surface area contributed by atoms with Crippen molar-refractivity contribution in [2.45, 2.75) is 31.9 Å². The Labute approximate surface area is 174 Å². The van der Waals surface area contributed by atoms with Crippen LogP contribution < -0.4 is 14.8 Å². The average molecular weight is 411 g/mol. The van der Waals surface area contributed by atoms with Gasteiger partial charge in [-0.1, -0.05) is 0 Å². The number of amides is 1. The van der Waals surface area contributed by atoms with Crippen LogP contribution >= 0.6 is 0 Å². The predicted octanol–water partition coefficient (Wildman–Crippen LogP) is 3.11. The molecule has 9 nitrogen and oxygen atoms in total. The van der Waals surface area contributed by atoms with E-state index in [1.807, 2.05) is 6.07 Å². The van der Waals surface area contributed by atoms with Gasteiger partial charge in [0.25, 0.3) is 5.91 Å². The van der Waals surface area contributed by atoms with Gasteiger partial charge in [-0.05, 0) is 43.5 Å². The van der Waals surface area contributed by atoms with Crippen LogP contribution in [-0.2, 0) is 11.3 Å². The molecule has 0 saturated carbocycles. The number of hydrogen-bond donors (Lipinski definition) is 2. The molecular formula is C21H25N5O4. The minimum absolute atomic E-state index is 0.176. The molecule has 30 heavy (non-hydrogen) atoms. The van der Waals surface area contributed by atoms with Gasteiger partial charge in [-0.25, -0.2) is 0 Å². The molecule has 0 bridgehead atoms. The Morgan fingerprint density at radius 2 is 2.20 bits per heavy atom. The average Bonchev–Trinajstić information content (AvgIpc) is 3.44. The van der Waals surface area contributed by atoms with Gasteiger partial charge in [-0.15, -0.1) is 0 Å². The van der Waals surface area contributed by atoms with E-state index in [0.717, 1.165) is 25.0 Å². The van der Waals surface area contributed by atoms with Gasteiger partial charge in [0.15, 0.2) is 0 Å². The number of H-pyrrole nitrogens is 1. The van der Waals surface area contributed by atoms with E-state index in [1.165, 1.54) is 6.42 Å². The number of nitrogens with one attached hydrogen (secondary N) is 2. The number of methoxy groups -OCH3 is 2. The monoisotopic (exact) mass is 411 g/mol. The first-order chi connectivity index (χ1) is 14.7. The standard InChI is InChI=1S/C21H25N5O4/c1-28-15-6-7-20(29-2)17(9-15)18-10-19(25-24-18)21(27)23-14-11-22-26(12-14)13-16-5-3-4-8-30-16/h6-7,9-12,16H,3-5,8,13H2,1-2H3,(H,23,27)(H,24,25). The van der Waals surface area contributed by atoms with Gasteiger partial charge in [0, 0.05) is 18.4 Å². The van der Waals surface area contributed by atoms with E-state index in [2.05, 4.69) is 20.6 Å². The van der Waals surface area contributed by atoms with Crippen LogP contribution in [0.5, 0.6) is 11.5 Å². The summed E-state index contributed by atoms with van der Waals surface area (Å²) in [5.41, 5.74) is 2.26. The zero-order valence-corrected chi connectivity index (χ0v) is 17.1. The van der Waals surface area contributed by atoms with Gasteiger partial charge in [-0.2, -0.15) is 10.2 Å². The molecule has 0 radical (unpaired) electrons. The van der Waals surface area contributed by atoms with Crippen LogP contribution in [0.1, 0.15) is 29.8 Å². The van der Waals surface area contributed by atoms with Crippen molar-refractivity contribution in [1.29, 1.82) is 0 Å². The van der Waals surface area contributed by atoms with E-state index in [0.29, 0.717) is 35.1 Å². The van der Waals surface area contributed by atoms with Gasteiger partial charge >= 0.3 is 0 Å². The number of carbonyl (C=O) groups is 1. The summed E-state index contributed by atoms with van der Waals surface area (Å²) in [6, 6.07) is 7.09. The molecule has 3 heterocycles. The van der Waals surface area contributed by atoms with Gasteiger partial charge in [-0.3, -0.25) is 14.6 Å². The maximum absolute atomic E-state index is 12.6. The van der Waals surface area contributed by atoms with E-state index >= 15 is 0 Å². The van der Waals surface area contributed by atoms with E-state index in [-0.39, 0.29) is 12.0 Å². The Morgan fingerprint density at radius 3 is 2.97 bits per heavy atom. The smallest absolute Gasteiger partial charge is 0.273 e. The number of carbonyl (C=O) groups excluding carboxylic acids is 1. The molecule has 2 N–H and O–H groups in total. The summed E-state index contributed by atoms with van der Waals surface area (Å²) in [5, 5.41) is 14.2. The van der Waals surface area contributed by atoms with E-state index < -0.39 is 0 Å². The third kappa shape index (κ3) is 4.46. The molecule has 0 spiro atoms. The number of anilines is 1. The molecule has 2 aromatic heterocycles. The molecule has 1 saturated heterocycles. The molecule has 1 atom stereocenters. The Morgan fingerprint density at radius 1 is 1.30 bits per heavy atom. The molecule has 1 aliphatic rings. The zero-order chi connectivity index (χ0) is 20.9. The Bertz CT molecular complexity index is 1010. The van der Waals surface area contributed by atoms with Crippen molar-refractivity contribution in [1.82, 2.24) is 20.0 Å². The summed E-state index contributed by atoms with van der Waals surface area (Å²) in [4.78, 5) is 12.6. The molecule has 1 unspecified atom stereocenters. The second kappa shape index (κ2) is 9.00. The highest BCUT2D eigenvalue weighted by Gasteiger charge is 2.17. The summed E-state index contributed by atoms with van der Waals surface area (Å²) < 4.78 is 18.2. The summed E-state index contributed by atoms with van der Waals surface area (Å²) >= 11 is 0. The van der Waals surface area contributed by atoms with Crippen molar-refractivity contribution in [3.63, 3.8) is 0 Å². The predicted molar refractivity (Wildman–Crippen MR) is 111 cm³/mol. The number of hydrogen-bond acceptors (Lipinski definition) is 6. The topological polar surface area (TPSA) is 103 Å². The third-order valence-corrected chi connectivity index (χ3v) is 5.06. The molecule has 0 aliphatic carbocycles. The SMILES string of the molecule is COc1ccc(OC)c(-c2cc(C(=O)Nc3cnn(CC4CCCCO4)c3)[nH]n2)c1. The highest BCUT2D eigenvalue weighted by atomic mass is 16.5. The summed E-state index contributed by atoms with van der Waals surface area (Å²) in [6.45, 7) is 1.48. The Kier molecular flexibility index (Phi) is 5.99. The first-order valence-corrected chi connectivity index (χ1v) is 9.89. The minimum Gasteiger partial charge on any atom is -0.497 e. The fraction of sp³-hybridized carbons (Fsp3) is 0.381. The number of benzene rings is 1. The number of rotatable bonds is 7. The maximum atomic E-state index is 12.6. The van der Waals surface area contributed by atoms with E-state index in [1.54, 1.807) is 49.5 Å². The first kappa shape index (κ1) is 20.0. The van der Waals surface area contributed by atoms with E-state index in [4.69, 9.17) is 14.2 Å². The Balaban J connectivity index is 1.44. The molecule has 158 valence electrons. The highest BCUT2D eigenvalue weighted by molar-refractivity contribution is 6.03. The normalized spacial score (nSPS) is 16.3. The fourth-order valence-corrected chi connectivity index (χ4v) is 3.48. The minimum atomic E-state index is -0.302. The first-order valence-electron chi connectivity index (χ1n) is 9.89. The van der Waals surface area contributed by atoms with Crippen molar-refractivity contribution in [2.24, 2.45) is 0 Å². The second-order valence-electron chi connectivity index (χ2n) is 7.13. The number of aromatic nitrogens is 4. The summed E-state index contributed by atoms with van der Waals surface area (Å²) in [5.74, 6) is 1.01. The van der Waals surface area contributed by atoms with Crippen LogP contribution in [0.4, 0.5) is 5.69 Å². The zero-order valence-electron chi connectivity index (χ0n) is 17.1. The number of aromatic amines is 1. The summed E-state index contributed by atoms with van der Waals surface area (Å²) in [6.07, 6.45) is 6.93.